The Morgan fingerprint density at radius 3 is 2.59 bits per heavy atom. The lowest BCUT2D eigenvalue weighted by atomic mass is 10.2. The summed E-state index contributed by atoms with van der Waals surface area (Å²) in [5, 5.41) is 13.1. The second-order valence-corrected chi connectivity index (χ2v) is 4.84. The summed E-state index contributed by atoms with van der Waals surface area (Å²) in [5.41, 5.74) is -0.0755. The van der Waals surface area contributed by atoms with Gasteiger partial charge in [0, 0.05) is 12.1 Å². The van der Waals surface area contributed by atoms with Gasteiger partial charge in [0.25, 0.3) is 5.91 Å². The number of benzene rings is 1. The minimum absolute atomic E-state index is 0.0402. The molecule has 0 aliphatic rings. The predicted molar refractivity (Wildman–Crippen MR) is 79.7 cm³/mol. The lowest BCUT2D eigenvalue weighted by Gasteiger charge is -2.11. The highest BCUT2D eigenvalue weighted by atomic mass is 19.1. The number of carbonyl (C=O) groups is 1. The molecule has 0 aliphatic carbocycles. The first-order chi connectivity index (χ1) is 10.5. The van der Waals surface area contributed by atoms with E-state index in [0.717, 1.165) is 18.6 Å². The van der Waals surface area contributed by atoms with Crippen LogP contribution >= 0.6 is 0 Å². The fraction of sp³-hybridized carbons (Fsp3) is 0.267. The van der Waals surface area contributed by atoms with Crippen LogP contribution in [0.1, 0.15) is 30.8 Å². The molecule has 22 heavy (non-hydrogen) atoms. The molecule has 0 radical (unpaired) electrons. The molecule has 2 aromatic rings. The molecule has 0 saturated carbocycles. The summed E-state index contributed by atoms with van der Waals surface area (Å²) in [4.78, 5) is 11.9. The van der Waals surface area contributed by atoms with Crippen LogP contribution < -0.4 is 10.6 Å². The van der Waals surface area contributed by atoms with Gasteiger partial charge < -0.3 is 10.6 Å². The fourth-order valence-corrected chi connectivity index (χ4v) is 1.66. The molecule has 1 amide bonds. The van der Waals surface area contributed by atoms with E-state index >= 15 is 0 Å². The van der Waals surface area contributed by atoms with Gasteiger partial charge >= 0.3 is 0 Å². The van der Waals surface area contributed by atoms with Crippen LogP contribution in [-0.4, -0.2) is 22.1 Å². The maximum Gasteiger partial charge on any atom is 0.276 e. The van der Waals surface area contributed by atoms with Crippen molar-refractivity contribution in [3.63, 3.8) is 0 Å². The SMILES string of the molecule is CCC(C)Nc1ccc(C(=O)Nc2ccc(F)cc2F)nn1. The largest absolute Gasteiger partial charge is 0.366 e. The molecule has 116 valence electrons. The van der Waals surface area contributed by atoms with Crippen molar-refractivity contribution in [2.24, 2.45) is 0 Å². The lowest BCUT2D eigenvalue weighted by molar-refractivity contribution is 0.102. The first-order valence-corrected chi connectivity index (χ1v) is 6.86. The smallest absolute Gasteiger partial charge is 0.276 e. The molecule has 1 atom stereocenters. The molecule has 2 rings (SSSR count). The van der Waals surface area contributed by atoms with Crippen LogP contribution in [0.2, 0.25) is 0 Å². The van der Waals surface area contributed by atoms with Crippen molar-refractivity contribution >= 4 is 17.4 Å². The molecule has 1 unspecified atom stereocenters. The average Bonchev–Trinajstić information content (AvgIpc) is 2.50. The summed E-state index contributed by atoms with van der Waals surface area (Å²) in [6.45, 7) is 4.03. The van der Waals surface area contributed by atoms with Crippen LogP contribution in [0, 0.1) is 11.6 Å². The van der Waals surface area contributed by atoms with Gasteiger partial charge in [0.15, 0.2) is 5.69 Å². The number of hydrogen-bond acceptors (Lipinski definition) is 4. The zero-order chi connectivity index (χ0) is 16.1. The summed E-state index contributed by atoms with van der Waals surface area (Å²) in [6, 6.07) is 6.24. The van der Waals surface area contributed by atoms with Crippen LogP contribution in [0.25, 0.3) is 0 Å². The average molecular weight is 306 g/mol. The molecular weight excluding hydrogens is 290 g/mol. The molecule has 0 spiro atoms. The Morgan fingerprint density at radius 1 is 1.23 bits per heavy atom. The summed E-state index contributed by atoms with van der Waals surface area (Å²) in [7, 11) is 0. The first kappa shape index (κ1) is 15.8. The highest BCUT2D eigenvalue weighted by Crippen LogP contribution is 2.16. The number of rotatable bonds is 5. The minimum Gasteiger partial charge on any atom is -0.366 e. The van der Waals surface area contributed by atoms with E-state index in [1.165, 1.54) is 6.07 Å². The van der Waals surface area contributed by atoms with Gasteiger partial charge in [-0.05, 0) is 37.6 Å². The van der Waals surface area contributed by atoms with Crippen molar-refractivity contribution in [2.45, 2.75) is 26.3 Å². The monoisotopic (exact) mass is 306 g/mol. The van der Waals surface area contributed by atoms with Crippen LogP contribution in [0.4, 0.5) is 20.3 Å². The Bertz CT molecular complexity index is 661. The molecule has 1 heterocycles. The lowest BCUT2D eigenvalue weighted by Crippen LogP contribution is -2.18. The van der Waals surface area contributed by atoms with E-state index in [1.54, 1.807) is 6.07 Å². The van der Waals surface area contributed by atoms with Gasteiger partial charge in [-0.2, -0.15) is 0 Å². The van der Waals surface area contributed by atoms with Gasteiger partial charge in [0.1, 0.15) is 17.5 Å². The quantitative estimate of drug-likeness (QED) is 0.890. The van der Waals surface area contributed by atoms with Crippen LogP contribution in [-0.2, 0) is 0 Å². The molecule has 0 aliphatic heterocycles. The number of nitrogens with zero attached hydrogens (tertiary/aromatic N) is 2. The summed E-state index contributed by atoms with van der Waals surface area (Å²) >= 11 is 0. The van der Waals surface area contributed by atoms with Crippen LogP contribution in [0.15, 0.2) is 30.3 Å². The molecule has 7 heteroatoms. The van der Waals surface area contributed by atoms with Gasteiger partial charge in [-0.3, -0.25) is 4.79 Å². The van der Waals surface area contributed by atoms with Crippen molar-refractivity contribution in [2.75, 3.05) is 10.6 Å². The van der Waals surface area contributed by atoms with E-state index in [4.69, 9.17) is 0 Å². The molecule has 1 aromatic heterocycles. The topological polar surface area (TPSA) is 66.9 Å². The Morgan fingerprint density at radius 2 is 2.00 bits per heavy atom. The molecule has 2 N–H and O–H groups in total. The van der Waals surface area contributed by atoms with E-state index in [2.05, 4.69) is 20.8 Å². The highest BCUT2D eigenvalue weighted by Gasteiger charge is 2.12. The standard InChI is InChI=1S/C15H16F2N4O/c1-3-9(2)18-14-7-6-13(20-21-14)15(22)19-12-5-4-10(16)8-11(12)17/h4-9H,3H2,1-2H3,(H,18,21)(H,19,22). The van der Waals surface area contributed by atoms with E-state index in [1.807, 2.05) is 13.8 Å². The van der Waals surface area contributed by atoms with Crippen LogP contribution in [0.3, 0.4) is 0 Å². The third-order valence-corrected chi connectivity index (χ3v) is 3.08. The second-order valence-electron chi connectivity index (χ2n) is 4.84. The van der Waals surface area contributed by atoms with E-state index in [-0.39, 0.29) is 17.4 Å². The third-order valence-electron chi connectivity index (χ3n) is 3.08. The van der Waals surface area contributed by atoms with Crippen molar-refractivity contribution in [3.05, 3.63) is 47.7 Å². The summed E-state index contributed by atoms with van der Waals surface area (Å²) in [6.07, 6.45) is 0.924. The van der Waals surface area contributed by atoms with Crippen molar-refractivity contribution in [1.82, 2.24) is 10.2 Å². The normalized spacial score (nSPS) is 11.8. The van der Waals surface area contributed by atoms with E-state index in [9.17, 15) is 13.6 Å². The zero-order valence-electron chi connectivity index (χ0n) is 12.2. The summed E-state index contributed by atoms with van der Waals surface area (Å²) < 4.78 is 26.3. The van der Waals surface area contributed by atoms with Gasteiger partial charge in [-0.15, -0.1) is 10.2 Å². The predicted octanol–water partition coefficient (Wildman–Crippen LogP) is 3.22. The molecular formula is C15H16F2N4O. The highest BCUT2D eigenvalue weighted by molar-refractivity contribution is 6.02. The zero-order valence-corrected chi connectivity index (χ0v) is 12.2. The Kier molecular flexibility index (Phi) is 4.98. The molecule has 5 nitrogen and oxygen atoms in total. The number of anilines is 2. The maximum atomic E-state index is 13.5. The third kappa shape index (κ3) is 3.97. The van der Waals surface area contributed by atoms with Gasteiger partial charge in [-0.25, -0.2) is 8.78 Å². The number of amides is 1. The Labute approximate surface area is 126 Å². The number of aromatic nitrogens is 2. The van der Waals surface area contributed by atoms with Crippen molar-refractivity contribution < 1.29 is 13.6 Å². The van der Waals surface area contributed by atoms with E-state index < -0.39 is 17.5 Å². The first-order valence-electron chi connectivity index (χ1n) is 6.86. The Balaban J connectivity index is 2.06. The number of halogens is 2. The number of hydrogen-bond donors (Lipinski definition) is 2. The van der Waals surface area contributed by atoms with Gasteiger partial charge in [0.05, 0.1) is 5.69 Å². The molecule has 1 aromatic carbocycles. The molecule has 0 saturated heterocycles. The summed E-state index contributed by atoms with van der Waals surface area (Å²) in [5.74, 6) is -1.63. The Hall–Kier alpha value is -2.57. The minimum atomic E-state index is -0.851. The molecule has 0 fully saturated rings. The van der Waals surface area contributed by atoms with Gasteiger partial charge in [0.2, 0.25) is 0 Å². The fourth-order valence-electron chi connectivity index (χ4n) is 1.66. The number of nitrogens with one attached hydrogen (secondary N) is 2. The van der Waals surface area contributed by atoms with E-state index in [0.29, 0.717) is 11.9 Å². The number of carbonyl (C=O) groups excluding carboxylic acids is 1. The second kappa shape index (κ2) is 6.93. The van der Waals surface area contributed by atoms with Crippen molar-refractivity contribution in [3.8, 4) is 0 Å². The molecule has 0 bridgehead atoms. The maximum absolute atomic E-state index is 13.5. The van der Waals surface area contributed by atoms with Crippen molar-refractivity contribution in [1.29, 1.82) is 0 Å². The van der Waals surface area contributed by atoms with Gasteiger partial charge in [-0.1, -0.05) is 6.92 Å². The van der Waals surface area contributed by atoms with Crippen LogP contribution in [0.5, 0.6) is 0 Å².